The molecule has 0 saturated heterocycles. The van der Waals surface area contributed by atoms with E-state index >= 15 is 0 Å². The highest BCUT2D eigenvalue weighted by Crippen LogP contribution is 2.31. The Morgan fingerprint density at radius 2 is 2.53 bits per heavy atom. The van der Waals surface area contributed by atoms with Crippen LogP contribution >= 0.6 is 0 Å². The van der Waals surface area contributed by atoms with Crippen molar-refractivity contribution in [1.29, 1.82) is 0 Å². The molecule has 0 fully saturated rings. The molecular formula is C11H12N2O2. The quantitative estimate of drug-likeness (QED) is 0.743. The normalized spacial score (nSPS) is 35.3. The van der Waals surface area contributed by atoms with Crippen molar-refractivity contribution < 1.29 is 15.0 Å². The molecule has 2 aliphatic rings. The van der Waals surface area contributed by atoms with Gasteiger partial charge >= 0.3 is 0 Å². The minimum Gasteiger partial charge on any atom is -0.485 e. The highest BCUT2D eigenvalue weighted by atomic mass is 16.6. The largest absolute Gasteiger partial charge is 0.485 e. The van der Waals surface area contributed by atoms with E-state index in [1.807, 2.05) is 0 Å². The lowest BCUT2D eigenvalue weighted by Crippen LogP contribution is -2.42. The summed E-state index contributed by atoms with van der Waals surface area (Å²) in [6, 6.07) is 5.11. The van der Waals surface area contributed by atoms with Crippen LogP contribution in [0.25, 0.3) is 0 Å². The maximum absolute atomic E-state index is 7.54. The standard InChI is InChI=1S/C11H12N2O2/c1-2-4-9-8(3-1)14-7-10(15-9)11-12-5-6-13-11/h1-4,10H,5-7H2,(H,12,13)/i1D,5D,6D2. The van der Waals surface area contributed by atoms with E-state index in [-0.39, 0.29) is 12.4 Å². The van der Waals surface area contributed by atoms with E-state index in [0.29, 0.717) is 17.5 Å². The lowest BCUT2D eigenvalue weighted by atomic mass is 10.2. The van der Waals surface area contributed by atoms with Gasteiger partial charge in [-0.15, -0.1) is 0 Å². The summed E-state index contributed by atoms with van der Waals surface area (Å²) in [5.74, 6) is 1.27. The van der Waals surface area contributed by atoms with Gasteiger partial charge < -0.3 is 14.8 Å². The number of amidine groups is 1. The zero-order chi connectivity index (χ0) is 13.6. The second-order valence-electron chi connectivity index (χ2n) is 3.21. The van der Waals surface area contributed by atoms with Gasteiger partial charge in [-0.2, -0.15) is 0 Å². The first-order valence-electron chi connectivity index (χ1n) is 6.72. The number of nitrogens with zero attached hydrogens (tertiary/aromatic N) is 1. The van der Waals surface area contributed by atoms with Gasteiger partial charge in [-0.1, -0.05) is 12.1 Å². The number of nitrogens with one attached hydrogen (secondary N) is 1. The predicted molar refractivity (Wildman–Crippen MR) is 56.7 cm³/mol. The summed E-state index contributed by atoms with van der Waals surface area (Å²) in [5, 5.41) is 2.66. The fourth-order valence-electron chi connectivity index (χ4n) is 1.50. The van der Waals surface area contributed by atoms with Crippen LogP contribution in [0.1, 0.15) is 5.48 Å². The second-order valence-corrected chi connectivity index (χ2v) is 3.21. The maximum atomic E-state index is 7.54. The summed E-state index contributed by atoms with van der Waals surface area (Å²) in [6.45, 7) is -2.92. The number of hydrogen-bond donors (Lipinski definition) is 1. The number of aliphatic imine (C=N–C) groups is 1. The Morgan fingerprint density at radius 1 is 1.53 bits per heavy atom. The first kappa shape index (κ1) is 5.39. The Balaban J connectivity index is 1.82. The van der Waals surface area contributed by atoms with E-state index in [1.165, 1.54) is 0 Å². The molecule has 78 valence electrons. The Labute approximate surface area is 93.5 Å². The van der Waals surface area contributed by atoms with E-state index < -0.39 is 19.1 Å². The van der Waals surface area contributed by atoms with Crippen molar-refractivity contribution in [2.75, 3.05) is 19.6 Å². The van der Waals surface area contributed by atoms with Gasteiger partial charge in [-0.25, -0.2) is 0 Å². The van der Waals surface area contributed by atoms with Crippen LogP contribution in [0.5, 0.6) is 11.5 Å². The fourth-order valence-corrected chi connectivity index (χ4v) is 1.50. The summed E-state index contributed by atoms with van der Waals surface area (Å²) in [4.78, 5) is 3.82. The highest BCUT2D eigenvalue weighted by molar-refractivity contribution is 5.88. The molecule has 0 bridgehead atoms. The number of hydrogen-bond acceptors (Lipinski definition) is 4. The van der Waals surface area contributed by atoms with Gasteiger partial charge in [0.2, 0.25) is 0 Å². The molecule has 4 nitrogen and oxygen atoms in total. The highest BCUT2D eigenvalue weighted by Gasteiger charge is 2.26. The molecule has 1 aromatic carbocycles. The summed E-state index contributed by atoms with van der Waals surface area (Å²) < 4.78 is 41.2. The fraction of sp³-hybridized carbons (Fsp3) is 0.364. The molecule has 3 rings (SSSR count). The molecule has 1 aromatic rings. The van der Waals surface area contributed by atoms with E-state index in [0.717, 1.165) is 0 Å². The van der Waals surface area contributed by atoms with Crippen LogP contribution in [-0.4, -0.2) is 31.6 Å². The number of para-hydroxylation sites is 2. The zero-order valence-corrected chi connectivity index (χ0v) is 7.86. The SMILES string of the molecule is [2H]c1ccc2c(c1)OCC(C1=NC([2H])([2H])C([2H])N1)O2. The Kier molecular flexibility index (Phi) is 1.24. The van der Waals surface area contributed by atoms with Crippen LogP contribution < -0.4 is 14.8 Å². The summed E-state index contributed by atoms with van der Waals surface area (Å²) >= 11 is 0. The lowest BCUT2D eigenvalue weighted by Gasteiger charge is -2.26. The van der Waals surface area contributed by atoms with Crippen molar-refractivity contribution in [3.63, 3.8) is 0 Å². The van der Waals surface area contributed by atoms with Crippen LogP contribution in [-0.2, 0) is 0 Å². The van der Waals surface area contributed by atoms with Gasteiger partial charge in [0.25, 0.3) is 0 Å². The molecule has 0 radical (unpaired) electrons. The molecule has 2 unspecified atom stereocenters. The third-order valence-electron chi connectivity index (χ3n) is 2.22. The molecular weight excluding hydrogens is 192 g/mol. The molecule has 0 aromatic heterocycles. The molecule has 0 amide bonds. The minimum atomic E-state index is -1.95. The monoisotopic (exact) mass is 208 g/mol. The second kappa shape index (κ2) is 3.46. The molecule has 0 spiro atoms. The van der Waals surface area contributed by atoms with Crippen molar-refractivity contribution in [2.45, 2.75) is 6.10 Å². The summed E-state index contributed by atoms with van der Waals surface area (Å²) in [7, 11) is 0. The third-order valence-corrected chi connectivity index (χ3v) is 2.22. The van der Waals surface area contributed by atoms with Crippen LogP contribution in [0, 0.1) is 0 Å². The Bertz CT molecular complexity index is 549. The van der Waals surface area contributed by atoms with Gasteiger partial charge in [0.1, 0.15) is 12.4 Å². The predicted octanol–water partition coefficient (Wildman–Crippen LogP) is 0.828. The zero-order valence-electron chi connectivity index (χ0n) is 11.9. The van der Waals surface area contributed by atoms with Crippen molar-refractivity contribution in [3.8, 4) is 11.5 Å². The van der Waals surface area contributed by atoms with Crippen molar-refractivity contribution >= 4 is 5.84 Å². The molecule has 1 N–H and O–H groups in total. The summed E-state index contributed by atoms with van der Waals surface area (Å²) in [6.07, 6.45) is -0.561. The lowest BCUT2D eigenvalue weighted by molar-refractivity contribution is 0.133. The summed E-state index contributed by atoms with van der Waals surface area (Å²) in [5.41, 5.74) is 0. The minimum absolute atomic E-state index is 0.172. The number of fused-ring (bicyclic) bond motifs is 1. The molecule has 4 heteroatoms. The molecule has 2 atom stereocenters. The van der Waals surface area contributed by atoms with E-state index in [9.17, 15) is 0 Å². The number of rotatable bonds is 1. The van der Waals surface area contributed by atoms with E-state index in [2.05, 4.69) is 10.3 Å². The van der Waals surface area contributed by atoms with Crippen LogP contribution in [0.2, 0.25) is 0 Å². The average molecular weight is 208 g/mol. The van der Waals surface area contributed by atoms with Crippen molar-refractivity contribution in [2.24, 2.45) is 4.99 Å². The Morgan fingerprint density at radius 3 is 3.40 bits per heavy atom. The molecule has 15 heavy (non-hydrogen) atoms. The molecule has 2 aliphatic heterocycles. The van der Waals surface area contributed by atoms with Crippen LogP contribution in [0.3, 0.4) is 0 Å². The molecule has 0 saturated carbocycles. The van der Waals surface area contributed by atoms with E-state index in [4.69, 9.17) is 15.0 Å². The van der Waals surface area contributed by atoms with Crippen molar-refractivity contribution in [3.05, 3.63) is 24.2 Å². The van der Waals surface area contributed by atoms with Crippen LogP contribution in [0.15, 0.2) is 29.2 Å². The Hall–Kier alpha value is -1.71. The van der Waals surface area contributed by atoms with E-state index in [1.54, 1.807) is 18.2 Å². The van der Waals surface area contributed by atoms with Gasteiger partial charge in [0.15, 0.2) is 17.6 Å². The molecule has 0 aliphatic carbocycles. The van der Waals surface area contributed by atoms with Gasteiger partial charge in [-0.3, -0.25) is 4.99 Å². The average Bonchev–Trinajstić information content (AvgIpc) is 2.63. The number of ether oxygens (including phenoxy) is 2. The van der Waals surface area contributed by atoms with Gasteiger partial charge in [0.05, 0.1) is 12.0 Å². The number of benzene rings is 1. The maximum Gasteiger partial charge on any atom is 0.189 e. The molecule has 2 heterocycles. The first-order valence-corrected chi connectivity index (χ1v) is 4.64. The first-order chi connectivity index (χ1) is 8.95. The van der Waals surface area contributed by atoms with Gasteiger partial charge in [-0.05, 0) is 12.1 Å². The smallest absolute Gasteiger partial charge is 0.189 e. The topological polar surface area (TPSA) is 42.8 Å². The van der Waals surface area contributed by atoms with Gasteiger partial charge in [0, 0.05) is 6.52 Å². The van der Waals surface area contributed by atoms with Crippen LogP contribution in [0.4, 0.5) is 0 Å². The third kappa shape index (κ3) is 1.52. The van der Waals surface area contributed by atoms with Crippen molar-refractivity contribution in [1.82, 2.24) is 5.32 Å².